The Morgan fingerprint density at radius 3 is 3.00 bits per heavy atom. The van der Waals surface area contributed by atoms with E-state index in [1.807, 2.05) is 13.0 Å². The zero-order valence-electron chi connectivity index (χ0n) is 11.8. The first-order chi connectivity index (χ1) is 9.65. The molecule has 1 fully saturated rings. The van der Waals surface area contributed by atoms with Gasteiger partial charge in [0, 0.05) is 35.8 Å². The van der Waals surface area contributed by atoms with Crippen LogP contribution in [0.2, 0.25) is 0 Å². The lowest BCUT2D eigenvalue weighted by Crippen LogP contribution is -2.41. The number of amidine groups is 1. The van der Waals surface area contributed by atoms with E-state index in [4.69, 9.17) is 11.1 Å². The lowest BCUT2D eigenvalue weighted by atomic mass is 9.96. The summed E-state index contributed by atoms with van der Waals surface area (Å²) in [6.45, 7) is 3.89. The van der Waals surface area contributed by atoms with Crippen molar-refractivity contribution >= 4 is 22.4 Å². The maximum Gasteiger partial charge on any atom is 0.0954 e. The van der Waals surface area contributed by atoms with Crippen molar-refractivity contribution in [1.82, 2.24) is 4.98 Å². The fourth-order valence-corrected chi connectivity index (χ4v) is 3.00. The van der Waals surface area contributed by atoms with E-state index in [1.54, 1.807) is 0 Å². The van der Waals surface area contributed by atoms with Gasteiger partial charge in [-0.3, -0.25) is 10.4 Å². The monoisotopic (exact) mass is 268 g/mol. The van der Waals surface area contributed by atoms with Gasteiger partial charge in [-0.25, -0.2) is 0 Å². The summed E-state index contributed by atoms with van der Waals surface area (Å²) in [5, 5.41) is 8.87. The summed E-state index contributed by atoms with van der Waals surface area (Å²) in [5.41, 5.74) is 8.98. The quantitative estimate of drug-likeness (QED) is 0.650. The van der Waals surface area contributed by atoms with E-state index in [2.05, 4.69) is 34.1 Å². The Kier molecular flexibility index (Phi) is 3.30. The van der Waals surface area contributed by atoms with Gasteiger partial charge in [0.25, 0.3) is 0 Å². The van der Waals surface area contributed by atoms with Gasteiger partial charge in [-0.05, 0) is 31.9 Å². The van der Waals surface area contributed by atoms with Gasteiger partial charge in [-0.2, -0.15) is 0 Å². The molecule has 0 radical (unpaired) electrons. The van der Waals surface area contributed by atoms with Crippen LogP contribution in [-0.4, -0.2) is 23.9 Å². The second-order valence-electron chi connectivity index (χ2n) is 5.54. The van der Waals surface area contributed by atoms with E-state index in [0.29, 0.717) is 5.84 Å². The van der Waals surface area contributed by atoms with Crippen LogP contribution < -0.4 is 10.6 Å². The lowest BCUT2D eigenvalue weighted by molar-refractivity contribution is 0.504. The molecule has 0 bridgehead atoms. The minimum atomic E-state index is 0.177. The number of pyridine rings is 1. The van der Waals surface area contributed by atoms with Gasteiger partial charge in [-0.1, -0.05) is 18.2 Å². The van der Waals surface area contributed by atoms with Crippen LogP contribution in [0.3, 0.4) is 0 Å². The first kappa shape index (κ1) is 12.9. The molecule has 4 nitrogen and oxygen atoms in total. The summed E-state index contributed by atoms with van der Waals surface area (Å²) >= 11 is 0. The van der Waals surface area contributed by atoms with Crippen LogP contribution in [0.15, 0.2) is 30.3 Å². The van der Waals surface area contributed by atoms with Crippen molar-refractivity contribution < 1.29 is 0 Å². The van der Waals surface area contributed by atoms with Crippen LogP contribution in [0.25, 0.3) is 10.9 Å². The third-order valence-electron chi connectivity index (χ3n) is 4.02. The molecule has 1 saturated heterocycles. The Bertz CT molecular complexity index is 650. The average Bonchev–Trinajstić information content (AvgIpc) is 2.46. The van der Waals surface area contributed by atoms with Crippen molar-refractivity contribution in [3.63, 3.8) is 0 Å². The summed E-state index contributed by atoms with van der Waals surface area (Å²) in [4.78, 5) is 6.95. The topological polar surface area (TPSA) is 66.0 Å². The third kappa shape index (κ3) is 2.33. The van der Waals surface area contributed by atoms with Crippen molar-refractivity contribution in [1.29, 1.82) is 5.41 Å². The SMILES string of the molecule is Cc1cc(N2CCCC(C(=N)N)C2)c2ccccc2n1. The molecule has 4 heteroatoms. The molecule has 2 aromatic rings. The van der Waals surface area contributed by atoms with Gasteiger partial charge >= 0.3 is 0 Å². The molecular formula is C16H20N4. The lowest BCUT2D eigenvalue weighted by Gasteiger charge is -2.34. The zero-order chi connectivity index (χ0) is 14.1. The highest BCUT2D eigenvalue weighted by molar-refractivity contribution is 5.92. The largest absolute Gasteiger partial charge is 0.387 e. The number of piperidine rings is 1. The molecule has 2 heterocycles. The summed E-state index contributed by atoms with van der Waals surface area (Å²) in [6, 6.07) is 10.4. The minimum Gasteiger partial charge on any atom is -0.387 e. The van der Waals surface area contributed by atoms with Crippen molar-refractivity contribution in [3.05, 3.63) is 36.0 Å². The molecule has 0 spiro atoms. The number of benzene rings is 1. The van der Waals surface area contributed by atoms with Crippen LogP contribution in [0, 0.1) is 18.3 Å². The van der Waals surface area contributed by atoms with Crippen molar-refractivity contribution in [2.24, 2.45) is 11.7 Å². The van der Waals surface area contributed by atoms with Gasteiger partial charge in [0.15, 0.2) is 0 Å². The van der Waals surface area contributed by atoms with Gasteiger partial charge in [0.2, 0.25) is 0 Å². The van der Waals surface area contributed by atoms with E-state index in [-0.39, 0.29) is 5.92 Å². The number of hydrogen-bond donors (Lipinski definition) is 2. The fraction of sp³-hybridized carbons (Fsp3) is 0.375. The van der Waals surface area contributed by atoms with E-state index in [9.17, 15) is 0 Å². The molecule has 1 aromatic heterocycles. The molecule has 1 aliphatic rings. The van der Waals surface area contributed by atoms with E-state index in [1.165, 1.54) is 11.1 Å². The number of hydrogen-bond acceptors (Lipinski definition) is 3. The van der Waals surface area contributed by atoms with Crippen LogP contribution in [-0.2, 0) is 0 Å². The van der Waals surface area contributed by atoms with Crippen molar-refractivity contribution in [3.8, 4) is 0 Å². The predicted molar refractivity (Wildman–Crippen MR) is 83.3 cm³/mol. The summed E-state index contributed by atoms with van der Waals surface area (Å²) in [7, 11) is 0. The number of anilines is 1. The zero-order valence-corrected chi connectivity index (χ0v) is 11.8. The molecule has 1 aromatic carbocycles. The number of fused-ring (bicyclic) bond motifs is 1. The molecule has 1 atom stereocenters. The second kappa shape index (κ2) is 5.12. The number of nitrogens with one attached hydrogen (secondary N) is 1. The smallest absolute Gasteiger partial charge is 0.0954 e. The Morgan fingerprint density at radius 1 is 1.40 bits per heavy atom. The highest BCUT2D eigenvalue weighted by atomic mass is 15.1. The molecule has 104 valence electrons. The maximum absolute atomic E-state index is 7.69. The standard InChI is InChI=1S/C16H20N4/c1-11-9-15(13-6-2-3-7-14(13)19-11)20-8-4-5-12(10-20)16(17)18/h2-3,6-7,9,12H,4-5,8,10H2,1H3,(H3,17,18). The van der Waals surface area contributed by atoms with E-state index in [0.717, 1.165) is 37.1 Å². The molecule has 1 unspecified atom stereocenters. The van der Waals surface area contributed by atoms with Crippen LogP contribution in [0.1, 0.15) is 18.5 Å². The second-order valence-corrected chi connectivity index (χ2v) is 5.54. The number of nitrogens with zero attached hydrogens (tertiary/aromatic N) is 2. The highest BCUT2D eigenvalue weighted by Crippen LogP contribution is 2.30. The van der Waals surface area contributed by atoms with Crippen molar-refractivity contribution in [2.75, 3.05) is 18.0 Å². The Balaban J connectivity index is 2.03. The molecule has 0 saturated carbocycles. The number of para-hydroxylation sites is 1. The minimum absolute atomic E-state index is 0.177. The highest BCUT2D eigenvalue weighted by Gasteiger charge is 2.23. The van der Waals surface area contributed by atoms with Crippen LogP contribution in [0.5, 0.6) is 0 Å². The number of aryl methyl sites for hydroxylation is 1. The maximum atomic E-state index is 7.69. The van der Waals surface area contributed by atoms with Crippen LogP contribution in [0.4, 0.5) is 5.69 Å². The fourth-order valence-electron chi connectivity index (χ4n) is 3.00. The third-order valence-corrected chi connectivity index (χ3v) is 4.02. The Labute approximate surface area is 119 Å². The average molecular weight is 268 g/mol. The molecule has 1 aliphatic heterocycles. The predicted octanol–water partition coefficient (Wildman–Crippen LogP) is 2.70. The number of aromatic nitrogens is 1. The molecule has 20 heavy (non-hydrogen) atoms. The Morgan fingerprint density at radius 2 is 2.20 bits per heavy atom. The van der Waals surface area contributed by atoms with Gasteiger partial charge < -0.3 is 10.6 Å². The summed E-state index contributed by atoms with van der Waals surface area (Å²) in [6.07, 6.45) is 2.10. The molecule has 0 aliphatic carbocycles. The molecule has 3 N–H and O–H groups in total. The summed E-state index contributed by atoms with van der Waals surface area (Å²) in [5.74, 6) is 0.487. The van der Waals surface area contributed by atoms with Crippen LogP contribution >= 0.6 is 0 Å². The number of rotatable bonds is 2. The van der Waals surface area contributed by atoms with Gasteiger partial charge in [-0.15, -0.1) is 0 Å². The Hall–Kier alpha value is -2.10. The normalized spacial score (nSPS) is 19.2. The van der Waals surface area contributed by atoms with E-state index >= 15 is 0 Å². The van der Waals surface area contributed by atoms with Crippen molar-refractivity contribution in [2.45, 2.75) is 19.8 Å². The number of nitrogens with two attached hydrogens (primary N) is 1. The molecule has 0 amide bonds. The molecule has 3 rings (SSSR count). The molecular weight excluding hydrogens is 248 g/mol. The first-order valence-electron chi connectivity index (χ1n) is 7.10. The van der Waals surface area contributed by atoms with Gasteiger partial charge in [0.1, 0.15) is 0 Å². The van der Waals surface area contributed by atoms with Gasteiger partial charge in [0.05, 0.1) is 11.4 Å². The van der Waals surface area contributed by atoms with E-state index < -0.39 is 0 Å². The summed E-state index contributed by atoms with van der Waals surface area (Å²) < 4.78 is 0. The first-order valence-corrected chi connectivity index (χ1v) is 7.10.